The second-order valence-electron chi connectivity index (χ2n) is 6.30. The Morgan fingerprint density at radius 3 is 2.38 bits per heavy atom. The maximum Gasteiger partial charge on any atom is 0.573 e. The molecule has 1 heterocycles. The molecule has 0 bridgehead atoms. The fourth-order valence-electron chi connectivity index (χ4n) is 2.78. The predicted octanol–water partition coefficient (Wildman–Crippen LogP) is 3.94. The molecule has 0 fully saturated rings. The summed E-state index contributed by atoms with van der Waals surface area (Å²) in [4.78, 5) is 24.3. The summed E-state index contributed by atoms with van der Waals surface area (Å²) in [6.45, 7) is 0.464. The summed E-state index contributed by atoms with van der Waals surface area (Å²) in [5.74, 6) is -1.07. The molecule has 152 valence electrons. The second kappa shape index (κ2) is 8.76. The molecule has 2 aromatic carbocycles. The number of alkyl halides is 3. The summed E-state index contributed by atoms with van der Waals surface area (Å²) in [6, 6.07) is 14.3. The molecule has 1 N–H and O–H groups in total. The molecule has 9 heteroatoms. The van der Waals surface area contributed by atoms with Crippen LogP contribution >= 0.6 is 0 Å². The lowest BCUT2D eigenvalue weighted by atomic mass is 10.1. The maximum absolute atomic E-state index is 12.3. The summed E-state index contributed by atoms with van der Waals surface area (Å²) in [7, 11) is 0. The topological polar surface area (TPSA) is 71.0 Å². The standard InChI is InChI=1S/C20H18F3N3O3/c21-20(22,23)29-16-8-6-15(7-9-16)24-18(27)10-11-19(28)26-13-12-17(25-26)14-4-2-1-3-5-14/h1-9H,10-13H2,(H,24,27). The Balaban J connectivity index is 1.47. The van der Waals surface area contributed by atoms with E-state index in [1.54, 1.807) is 0 Å². The molecular formula is C20H18F3N3O3. The van der Waals surface area contributed by atoms with Crippen LogP contribution in [0.1, 0.15) is 24.8 Å². The van der Waals surface area contributed by atoms with Crippen LogP contribution in [0, 0.1) is 0 Å². The van der Waals surface area contributed by atoms with E-state index >= 15 is 0 Å². The van der Waals surface area contributed by atoms with E-state index in [4.69, 9.17) is 0 Å². The highest BCUT2D eigenvalue weighted by molar-refractivity contribution is 6.02. The van der Waals surface area contributed by atoms with Crippen molar-refractivity contribution in [1.82, 2.24) is 5.01 Å². The smallest absolute Gasteiger partial charge is 0.406 e. The highest BCUT2D eigenvalue weighted by Gasteiger charge is 2.31. The van der Waals surface area contributed by atoms with Crippen LogP contribution < -0.4 is 10.1 Å². The van der Waals surface area contributed by atoms with Gasteiger partial charge < -0.3 is 10.1 Å². The van der Waals surface area contributed by atoms with Crippen molar-refractivity contribution in [2.45, 2.75) is 25.6 Å². The zero-order valence-electron chi connectivity index (χ0n) is 15.3. The Hall–Kier alpha value is -3.36. The summed E-state index contributed by atoms with van der Waals surface area (Å²) in [5.41, 5.74) is 2.09. The average molecular weight is 405 g/mol. The first-order valence-corrected chi connectivity index (χ1v) is 8.89. The molecule has 6 nitrogen and oxygen atoms in total. The van der Waals surface area contributed by atoms with Crippen LogP contribution in [0.2, 0.25) is 0 Å². The van der Waals surface area contributed by atoms with Crippen molar-refractivity contribution >= 4 is 23.2 Å². The van der Waals surface area contributed by atoms with E-state index < -0.39 is 12.3 Å². The SMILES string of the molecule is O=C(CCC(=O)N1CCC(c2ccccc2)=N1)Nc1ccc(OC(F)(F)F)cc1. The largest absolute Gasteiger partial charge is 0.573 e. The molecule has 2 aromatic rings. The van der Waals surface area contributed by atoms with Gasteiger partial charge >= 0.3 is 6.36 Å². The van der Waals surface area contributed by atoms with E-state index in [0.29, 0.717) is 18.7 Å². The van der Waals surface area contributed by atoms with Crippen molar-refractivity contribution in [3.8, 4) is 5.75 Å². The highest BCUT2D eigenvalue weighted by Crippen LogP contribution is 2.24. The predicted molar refractivity (Wildman–Crippen MR) is 100 cm³/mol. The van der Waals surface area contributed by atoms with Crippen molar-refractivity contribution in [2.24, 2.45) is 5.10 Å². The summed E-state index contributed by atoms with van der Waals surface area (Å²) in [6.07, 6.45) is -4.21. The molecule has 0 spiro atoms. The normalized spacial score (nSPS) is 13.8. The molecule has 3 rings (SSSR count). The third-order valence-corrected chi connectivity index (χ3v) is 4.13. The molecule has 1 aliphatic rings. The minimum Gasteiger partial charge on any atom is -0.406 e. The first kappa shape index (κ1) is 20.4. The van der Waals surface area contributed by atoms with Crippen LogP contribution in [-0.4, -0.2) is 35.4 Å². The van der Waals surface area contributed by atoms with Gasteiger partial charge in [-0.25, -0.2) is 5.01 Å². The minimum atomic E-state index is -4.77. The number of benzene rings is 2. The van der Waals surface area contributed by atoms with Gasteiger partial charge in [0.25, 0.3) is 0 Å². The van der Waals surface area contributed by atoms with E-state index in [1.807, 2.05) is 30.3 Å². The number of amides is 2. The second-order valence-corrected chi connectivity index (χ2v) is 6.30. The Kier molecular flexibility index (Phi) is 6.16. The number of anilines is 1. The van der Waals surface area contributed by atoms with Crippen LogP contribution in [0.3, 0.4) is 0 Å². The van der Waals surface area contributed by atoms with Gasteiger partial charge in [0.2, 0.25) is 11.8 Å². The number of carbonyl (C=O) groups is 2. The quantitative estimate of drug-likeness (QED) is 0.791. The molecule has 0 aliphatic carbocycles. The zero-order chi connectivity index (χ0) is 20.9. The molecule has 29 heavy (non-hydrogen) atoms. The number of nitrogens with zero attached hydrogens (tertiary/aromatic N) is 2. The van der Waals surface area contributed by atoms with Gasteiger partial charge in [0.05, 0.1) is 12.3 Å². The number of nitrogens with one attached hydrogen (secondary N) is 1. The molecule has 0 radical (unpaired) electrons. The van der Waals surface area contributed by atoms with Crippen LogP contribution in [0.25, 0.3) is 0 Å². The minimum absolute atomic E-state index is 0.0212. The van der Waals surface area contributed by atoms with E-state index in [1.165, 1.54) is 17.1 Å². The number of halogens is 3. The third-order valence-electron chi connectivity index (χ3n) is 4.13. The van der Waals surface area contributed by atoms with Crippen molar-refractivity contribution in [1.29, 1.82) is 0 Å². The van der Waals surface area contributed by atoms with E-state index in [9.17, 15) is 22.8 Å². The van der Waals surface area contributed by atoms with Crippen LogP contribution in [0.15, 0.2) is 59.7 Å². The average Bonchev–Trinajstić information content (AvgIpc) is 3.18. The van der Waals surface area contributed by atoms with E-state index in [0.717, 1.165) is 23.4 Å². The van der Waals surface area contributed by atoms with Crippen LogP contribution in [0.4, 0.5) is 18.9 Å². The van der Waals surface area contributed by atoms with Crippen LogP contribution in [0.5, 0.6) is 5.75 Å². The van der Waals surface area contributed by atoms with Gasteiger partial charge in [-0.15, -0.1) is 13.2 Å². The molecule has 1 aliphatic heterocycles. The lowest BCUT2D eigenvalue weighted by Gasteiger charge is -2.12. The monoisotopic (exact) mass is 405 g/mol. The lowest BCUT2D eigenvalue weighted by molar-refractivity contribution is -0.274. The number of rotatable bonds is 6. The van der Waals surface area contributed by atoms with Gasteiger partial charge in [0, 0.05) is 24.9 Å². The Morgan fingerprint density at radius 1 is 1.03 bits per heavy atom. The summed E-state index contributed by atoms with van der Waals surface area (Å²) >= 11 is 0. The fraction of sp³-hybridized carbons (Fsp3) is 0.250. The van der Waals surface area contributed by atoms with Gasteiger partial charge in [-0.2, -0.15) is 5.10 Å². The van der Waals surface area contributed by atoms with E-state index in [2.05, 4.69) is 15.2 Å². The fourth-order valence-corrected chi connectivity index (χ4v) is 2.78. The Labute approximate surface area is 165 Å². The van der Waals surface area contributed by atoms with Crippen molar-refractivity contribution in [3.63, 3.8) is 0 Å². The molecule has 2 amide bonds. The molecule has 0 saturated carbocycles. The third kappa shape index (κ3) is 6.06. The number of hydrazone groups is 1. The van der Waals surface area contributed by atoms with Gasteiger partial charge in [-0.05, 0) is 29.8 Å². The first-order valence-electron chi connectivity index (χ1n) is 8.89. The summed E-state index contributed by atoms with van der Waals surface area (Å²) < 4.78 is 40.2. The molecule has 0 saturated heterocycles. The van der Waals surface area contributed by atoms with Gasteiger partial charge in [-0.1, -0.05) is 30.3 Å². The molecule has 0 aromatic heterocycles. The number of hydrogen-bond acceptors (Lipinski definition) is 4. The van der Waals surface area contributed by atoms with Crippen LogP contribution in [-0.2, 0) is 9.59 Å². The molecule has 0 atom stereocenters. The Morgan fingerprint density at radius 2 is 1.72 bits per heavy atom. The molecular weight excluding hydrogens is 387 g/mol. The summed E-state index contributed by atoms with van der Waals surface area (Å²) in [5, 5.41) is 8.21. The maximum atomic E-state index is 12.3. The number of carbonyl (C=O) groups excluding carboxylic acids is 2. The lowest BCUT2D eigenvalue weighted by Crippen LogP contribution is -2.25. The van der Waals surface area contributed by atoms with E-state index in [-0.39, 0.29) is 24.5 Å². The zero-order valence-corrected chi connectivity index (χ0v) is 15.3. The first-order chi connectivity index (χ1) is 13.8. The Bertz CT molecular complexity index is 897. The number of hydrogen-bond donors (Lipinski definition) is 1. The van der Waals surface area contributed by atoms with Gasteiger partial charge in [-0.3, -0.25) is 9.59 Å². The number of ether oxygens (including phenoxy) is 1. The van der Waals surface area contributed by atoms with Gasteiger partial charge in [0.15, 0.2) is 0 Å². The highest BCUT2D eigenvalue weighted by atomic mass is 19.4. The van der Waals surface area contributed by atoms with Crippen molar-refractivity contribution in [3.05, 3.63) is 60.2 Å². The molecule has 0 unspecified atom stereocenters. The van der Waals surface area contributed by atoms with Crippen molar-refractivity contribution < 1.29 is 27.5 Å². The van der Waals surface area contributed by atoms with Crippen molar-refractivity contribution in [2.75, 3.05) is 11.9 Å². The van der Waals surface area contributed by atoms with Gasteiger partial charge in [0.1, 0.15) is 5.75 Å².